The highest BCUT2D eigenvalue weighted by molar-refractivity contribution is 8.18. The van der Waals surface area contributed by atoms with Gasteiger partial charge in [0.15, 0.2) is 0 Å². The first-order valence-electron chi connectivity index (χ1n) is 7.56. The molecule has 6 nitrogen and oxygen atoms in total. The molecule has 0 N–H and O–H groups in total. The number of hydrogen-bond acceptors (Lipinski definition) is 6. The van der Waals surface area contributed by atoms with Gasteiger partial charge in [0, 0.05) is 19.8 Å². The van der Waals surface area contributed by atoms with Gasteiger partial charge in [-0.2, -0.15) is 0 Å². The Labute approximate surface area is 145 Å². The van der Waals surface area contributed by atoms with E-state index in [1.54, 1.807) is 13.0 Å². The molecule has 1 aromatic rings. The van der Waals surface area contributed by atoms with E-state index < -0.39 is 23.2 Å². The van der Waals surface area contributed by atoms with E-state index in [4.69, 9.17) is 4.74 Å². The molecular weight excluding hydrogens is 328 g/mol. The molecule has 0 aromatic heterocycles. The Balaban J connectivity index is 2.19. The van der Waals surface area contributed by atoms with Gasteiger partial charge in [0.1, 0.15) is 6.04 Å². The van der Waals surface area contributed by atoms with Gasteiger partial charge < -0.3 is 9.64 Å². The predicted molar refractivity (Wildman–Crippen MR) is 94.7 cm³/mol. The summed E-state index contributed by atoms with van der Waals surface area (Å²) in [6.45, 7) is 3.37. The fraction of sp³-hybridized carbons (Fsp3) is 0.353. The maximum absolute atomic E-state index is 12.4. The monoisotopic (exact) mass is 348 g/mol. The molecule has 0 bridgehead atoms. The fourth-order valence-electron chi connectivity index (χ4n) is 2.20. The van der Waals surface area contributed by atoms with Crippen LogP contribution in [0.25, 0.3) is 6.08 Å². The number of thioether (sulfide) groups is 1. The van der Waals surface area contributed by atoms with E-state index in [0.29, 0.717) is 4.91 Å². The van der Waals surface area contributed by atoms with Crippen molar-refractivity contribution in [2.75, 3.05) is 25.6 Å². The SMILES string of the molecule is CCOC(=O)C(C)N1C(=O)SC(=Cc2ccc(N(C)C)cc2)C1=O. The number of carbonyl (C=O) groups excluding carboxylic acids is 3. The van der Waals surface area contributed by atoms with Gasteiger partial charge in [-0.15, -0.1) is 0 Å². The van der Waals surface area contributed by atoms with Crippen LogP contribution in [-0.2, 0) is 14.3 Å². The summed E-state index contributed by atoms with van der Waals surface area (Å²) in [6.07, 6.45) is 1.65. The first-order chi connectivity index (χ1) is 11.3. The van der Waals surface area contributed by atoms with Crippen LogP contribution in [0.1, 0.15) is 19.4 Å². The maximum atomic E-state index is 12.4. The van der Waals surface area contributed by atoms with Crippen molar-refractivity contribution in [1.29, 1.82) is 0 Å². The van der Waals surface area contributed by atoms with E-state index in [1.807, 2.05) is 43.3 Å². The molecular formula is C17H20N2O4S. The Hall–Kier alpha value is -2.28. The van der Waals surface area contributed by atoms with Crippen molar-refractivity contribution in [2.45, 2.75) is 19.9 Å². The molecule has 1 fully saturated rings. The Bertz CT molecular complexity index is 682. The Morgan fingerprint density at radius 2 is 1.92 bits per heavy atom. The number of carbonyl (C=O) groups is 3. The number of esters is 1. The molecule has 0 aliphatic carbocycles. The molecule has 1 unspecified atom stereocenters. The summed E-state index contributed by atoms with van der Waals surface area (Å²) in [6, 6.07) is 6.67. The van der Waals surface area contributed by atoms with E-state index >= 15 is 0 Å². The van der Waals surface area contributed by atoms with Crippen LogP contribution in [0.5, 0.6) is 0 Å². The molecule has 128 valence electrons. The molecule has 1 aliphatic heterocycles. The van der Waals surface area contributed by atoms with E-state index in [2.05, 4.69) is 0 Å². The van der Waals surface area contributed by atoms with Gasteiger partial charge in [0.2, 0.25) is 0 Å². The third-order valence-electron chi connectivity index (χ3n) is 3.55. The molecule has 2 rings (SSSR count). The summed E-state index contributed by atoms with van der Waals surface area (Å²) in [5, 5.41) is -0.461. The number of amides is 2. The highest BCUT2D eigenvalue weighted by Gasteiger charge is 2.41. The average molecular weight is 348 g/mol. The zero-order chi connectivity index (χ0) is 17.9. The number of anilines is 1. The van der Waals surface area contributed by atoms with Gasteiger partial charge >= 0.3 is 5.97 Å². The van der Waals surface area contributed by atoms with E-state index in [0.717, 1.165) is 27.9 Å². The summed E-state index contributed by atoms with van der Waals surface area (Å²) < 4.78 is 4.88. The van der Waals surface area contributed by atoms with E-state index in [9.17, 15) is 14.4 Å². The van der Waals surface area contributed by atoms with Gasteiger partial charge in [-0.05, 0) is 49.4 Å². The lowest BCUT2D eigenvalue weighted by molar-refractivity contribution is -0.150. The number of rotatable bonds is 5. The van der Waals surface area contributed by atoms with Crippen LogP contribution in [0.3, 0.4) is 0 Å². The molecule has 1 aromatic carbocycles. The minimum atomic E-state index is -0.931. The van der Waals surface area contributed by atoms with Gasteiger partial charge in [0.05, 0.1) is 11.5 Å². The molecule has 0 radical (unpaired) electrons. The van der Waals surface area contributed by atoms with Crippen LogP contribution in [0.15, 0.2) is 29.2 Å². The Morgan fingerprint density at radius 1 is 1.29 bits per heavy atom. The quantitative estimate of drug-likeness (QED) is 0.602. The third-order valence-corrected chi connectivity index (χ3v) is 4.43. The number of benzene rings is 1. The molecule has 1 saturated heterocycles. The molecule has 7 heteroatoms. The van der Waals surface area contributed by atoms with Crippen LogP contribution < -0.4 is 4.90 Å². The second kappa shape index (κ2) is 7.53. The summed E-state index contributed by atoms with van der Waals surface area (Å²) in [5.74, 6) is -1.06. The van der Waals surface area contributed by atoms with E-state index in [1.165, 1.54) is 6.92 Å². The zero-order valence-electron chi connectivity index (χ0n) is 14.1. The number of ether oxygens (including phenoxy) is 1. The molecule has 0 spiro atoms. The largest absolute Gasteiger partial charge is 0.464 e. The first kappa shape index (κ1) is 18.1. The van der Waals surface area contributed by atoms with Gasteiger partial charge in [-0.3, -0.25) is 14.5 Å². The van der Waals surface area contributed by atoms with Gasteiger partial charge in [-0.25, -0.2) is 4.79 Å². The number of nitrogens with zero attached hydrogens (tertiary/aromatic N) is 2. The van der Waals surface area contributed by atoms with Crippen LogP contribution >= 0.6 is 11.8 Å². The summed E-state index contributed by atoms with van der Waals surface area (Å²) >= 11 is 0.831. The van der Waals surface area contributed by atoms with Crippen molar-refractivity contribution in [3.8, 4) is 0 Å². The summed E-state index contributed by atoms with van der Waals surface area (Å²) in [4.78, 5) is 39.5. The Morgan fingerprint density at radius 3 is 2.46 bits per heavy atom. The summed E-state index contributed by atoms with van der Waals surface area (Å²) in [5.41, 5.74) is 1.85. The number of hydrogen-bond donors (Lipinski definition) is 0. The lowest BCUT2D eigenvalue weighted by atomic mass is 10.2. The lowest BCUT2D eigenvalue weighted by Crippen LogP contribution is -2.42. The minimum absolute atomic E-state index is 0.202. The van der Waals surface area contributed by atoms with Gasteiger partial charge in [-0.1, -0.05) is 12.1 Å². The van der Waals surface area contributed by atoms with E-state index in [-0.39, 0.29) is 6.61 Å². The molecule has 1 atom stereocenters. The highest BCUT2D eigenvalue weighted by atomic mass is 32.2. The highest BCUT2D eigenvalue weighted by Crippen LogP contribution is 2.34. The summed E-state index contributed by atoms with van der Waals surface area (Å²) in [7, 11) is 3.88. The maximum Gasteiger partial charge on any atom is 0.329 e. The second-order valence-electron chi connectivity index (χ2n) is 5.47. The number of imide groups is 1. The topological polar surface area (TPSA) is 66.9 Å². The van der Waals surface area contributed by atoms with Crippen molar-refractivity contribution in [2.24, 2.45) is 0 Å². The third kappa shape index (κ3) is 3.79. The molecule has 24 heavy (non-hydrogen) atoms. The van der Waals surface area contributed by atoms with Gasteiger partial charge in [0.25, 0.3) is 11.1 Å². The van der Waals surface area contributed by atoms with Crippen molar-refractivity contribution in [1.82, 2.24) is 4.90 Å². The smallest absolute Gasteiger partial charge is 0.329 e. The lowest BCUT2D eigenvalue weighted by Gasteiger charge is -2.19. The first-order valence-corrected chi connectivity index (χ1v) is 8.38. The Kier molecular flexibility index (Phi) is 5.66. The van der Waals surface area contributed by atoms with Crippen molar-refractivity contribution in [3.63, 3.8) is 0 Å². The average Bonchev–Trinajstić information content (AvgIpc) is 2.81. The second-order valence-corrected chi connectivity index (χ2v) is 6.46. The fourth-order valence-corrected chi connectivity index (χ4v) is 3.11. The molecule has 1 heterocycles. The van der Waals surface area contributed by atoms with Crippen LogP contribution in [0, 0.1) is 0 Å². The van der Waals surface area contributed by atoms with Crippen molar-refractivity contribution < 1.29 is 19.1 Å². The van der Waals surface area contributed by atoms with Crippen LogP contribution in [-0.4, -0.2) is 48.8 Å². The van der Waals surface area contributed by atoms with Crippen LogP contribution in [0.2, 0.25) is 0 Å². The van der Waals surface area contributed by atoms with Crippen LogP contribution in [0.4, 0.5) is 10.5 Å². The predicted octanol–water partition coefficient (Wildman–Crippen LogP) is 2.74. The standard InChI is InChI=1S/C17H20N2O4S/c1-5-23-16(21)11(2)19-15(20)14(24-17(19)22)10-12-6-8-13(9-7-12)18(3)4/h6-11H,5H2,1-4H3. The molecule has 0 saturated carbocycles. The minimum Gasteiger partial charge on any atom is -0.464 e. The molecule has 1 aliphatic rings. The van der Waals surface area contributed by atoms with Crippen molar-refractivity contribution in [3.05, 3.63) is 34.7 Å². The zero-order valence-corrected chi connectivity index (χ0v) is 14.9. The molecule has 2 amide bonds. The normalized spacial score (nSPS) is 17.3. The van der Waals surface area contributed by atoms with Crippen molar-refractivity contribution >= 4 is 40.6 Å².